The van der Waals surface area contributed by atoms with Gasteiger partial charge < -0.3 is 0 Å². The number of benzene rings is 1. The monoisotopic (exact) mass is 355 g/mol. The Morgan fingerprint density at radius 2 is 1.84 bits per heavy atom. The zero-order valence-electron chi connectivity index (χ0n) is 10.6. The zero-order valence-corrected chi connectivity index (χ0v) is 13.0. The molecule has 0 spiro atoms. The lowest BCUT2D eigenvalue weighted by molar-refractivity contribution is -0.137. The number of halogens is 4. The molecule has 0 aromatic heterocycles. The van der Waals surface area contributed by atoms with Crippen LogP contribution in [-0.2, 0) is 17.2 Å². The number of hydrogen-bond acceptors (Lipinski definition) is 1. The van der Waals surface area contributed by atoms with Crippen LogP contribution >= 0.6 is 15.9 Å². The third-order valence-electron chi connectivity index (χ3n) is 2.14. The Kier molecular flexibility index (Phi) is 4.95. The molecule has 0 unspecified atom stereocenters. The number of alkyl halides is 3. The van der Waals surface area contributed by atoms with Gasteiger partial charge in [-0.1, -0.05) is 22.0 Å². The average Bonchev–Trinajstić information content (AvgIpc) is 2.24. The topological polar surface area (TPSA) is 29.4 Å². The van der Waals surface area contributed by atoms with E-state index in [1.54, 1.807) is 20.8 Å². The Bertz CT molecular complexity index is 521. The van der Waals surface area contributed by atoms with E-state index in [-0.39, 0.29) is 4.47 Å². The second-order valence-electron chi connectivity index (χ2n) is 4.83. The first-order valence-corrected chi connectivity index (χ1v) is 7.24. The Morgan fingerprint density at radius 1 is 1.26 bits per heavy atom. The molecule has 0 aliphatic rings. The molecule has 0 radical (unpaired) electrons. The van der Waals surface area contributed by atoms with Crippen LogP contribution in [0.15, 0.2) is 27.1 Å². The van der Waals surface area contributed by atoms with Crippen molar-refractivity contribution in [3.63, 3.8) is 0 Å². The summed E-state index contributed by atoms with van der Waals surface area (Å²) in [6.45, 7) is 5.30. The first-order chi connectivity index (χ1) is 8.51. The summed E-state index contributed by atoms with van der Waals surface area (Å²) in [7, 11) is -1.44. The van der Waals surface area contributed by atoms with Crippen LogP contribution in [0.3, 0.4) is 0 Å². The first kappa shape index (κ1) is 16.4. The third-order valence-corrected chi connectivity index (χ3v) is 4.17. The van der Waals surface area contributed by atoms with Crippen molar-refractivity contribution in [1.82, 2.24) is 0 Å². The average molecular weight is 356 g/mol. The van der Waals surface area contributed by atoms with E-state index in [1.165, 1.54) is 12.3 Å². The van der Waals surface area contributed by atoms with Crippen LogP contribution < -0.4 is 0 Å². The Labute approximate surface area is 120 Å². The largest absolute Gasteiger partial charge is 0.416 e. The second kappa shape index (κ2) is 5.75. The summed E-state index contributed by atoms with van der Waals surface area (Å²) >= 11 is 3.05. The van der Waals surface area contributed by atoms with Crippen LogP contribution in [0.25, 0.3) is 0 Å². The summed E-state index contributed by atoms with van der Waals surface area (Å²) in [5.74, 6) is 0. The molecule has 1 aromatic rings. The molecule has 1 rings (SSSR count). The van der Waals surface area contributed by atoms with Crippen LogP contribution in [0.1, 0.15) is 31.9 Å². The molecule has 0 bridgehead atoms. The molecule has 0 amide bonds. The van der Waals surface area contributed by atoms with Gasteiger partial charge in [-0.2, -0.15) is 17.6 Å². The number of rotatable bonds is 2. The normalized spacial score (nSPS) is 14.9. The highest BCUT2D eigenvalue weighted by atomic mass is 79.9. The summed E-state index contributed by atoms with van der Waals surface area (Å²) in [6, 6.07) is 3.23. The zero-order chi connectivity index (χ0) is 14.8. The van der Waals surface area contributed by atoms with Gasteiger partial charge in [-0.15, -0.1) is 0 Å². The van der Waals surface area contributed by atoms with Crippen molar-refractivity contribution < 1.29 is 17.4 Å². The van der Waals surface area contributed by atoms with Crippen LogP contribution in [0.5, 0.6) is 0 Å². The van der Waals surface area contributed by atoms with Gasteiger partial charge in [-0.05, 0) is 32.9 Å². The molecule has 19 heavy (non-hydrogen) atoms. The lowest BCUT2D eigenvalue weighted by Gasteiger charge is -2.13. The number of hydrogen-bond donors (Lipinski definition) is 0. The maximum Gasteiger partial charge on any atom is 0.416 e. The third kappa shape index (κ3) is 4.72. The maximum absolute atomic E-state index is 12.5. The van der Waals surface area contributed by atoms with Crippen molar-refractivity contribution in [2.45, 2.75) is 31.7 Å². The summed E-state index contributed by atoms with van der Waals surface area (Å²) in [5.41, 5.74) is -0.293. The van der Waals surface area contributed by atoms with Gasteiger partial charge in [0.25, 0.3) is 0 Å². The number of nitrogens with zero attached hydrogens (tertiary/aromatic N) is 1. The van der Waals surface area contributed by atoms with Gasteiger partial charge in [-0.25, -0.2) is 4.21 Å². The van der Waals surface area contributed by atoms with E-state index in [0.717, 1.165) is 12.1 Å². The molecule has 0 aliphatic heterocycles. The van der Waals surface area contributed by atoms with E-state index in [0.29, 0.717) is 5.56 Å². The molecule has 106 valence electrons. The molecule has 0 aliphatic carbocycles. The van der Waals surface area contributed by atoms with Crippen molar-refractivity contribution >= 4 is 33.1 Å². The Hall–Kier alpha value is -0.690. The van der Waals surface area contributed by atoms with Gasteiger partial charge in [0, 0.05) is 16.3 Å². The molecule has 0 N–H and O–H groups in total. The predicted molar refractivity (Wildman–Crippen MR) is 74.6 cm³/mol. The van der Waals surface area contributed by atoms with Crippen LogP contribution in [0, 0.1) is 0 Å². The molecule has 0 heterocycles. The van der Waals surface area contributed by atoms with Crippen molar-refractivity contribution in [3.05, 3.63) is 33.8 Å². The quantitative estimate of drug-likeness (QED) is 0.725. The highest BCUT2D eigenvalue weighted by Gasteiger charge is 2.30. The van der Waals surface area contributed by atoms with E-state index in [2.05, 4.69) is 20.3 Å². The Morgan fingerprint density at radius 3 is 2.26 bits per heavy atom. The Balaban J connectivity index is 2.99. The van der Waals surface area contributed by atoms with E-state index in [4.69, 9.17) is 0 Å². The fraction of sp³-hybridized carbons (Fsp3) is 0.417. The van der Waals surface area contributed by atoms with Crippen molar-refractivity contribution in [2.75, 3.05) is 0 Å². The smallest absolute Gasteiger partial charge is 0.234 e. The van der Waals surface area contributed by atoms with Gasteiger partial charge in [0.2, 0.25) is 0 Å². The molecular formula is C12H13BrF3NOS. The van der Waals surface area contributed by atoms with Gasteiger partial charge in [0.05, 0.1) is 10.3 Å². The van der Waals surface area contributed by atoms with Crippen molar-refractivity contribution in [2.24, 2.45) is 4.40 Å². The second-order valence-corrected chi connectivity index (χ2v) is 7.62. The maximum atomic E-state index is 12.5. The molecule has 1 atom stereocenters. The van der Waals surface area contributed by atoms with E-state index in [1.807, 2.05) is 0 Å². The standard InChI is InChI=1S/C12H13BrF3NOS/c1-11(2,3)19(18)17-7-8-4-5-9(6-10(8)13)12(14,15)16/h4-7H,1-3H3/b17-7+/t19-/m1/s1. The fourth-order valence-electron chi connectivity index (χ4n) is 1.07. The van der Waals surface area contributed by atoms with Gasteiger partial charge in [-0.3, -0.25) is 0 Å². The highest BCUT2D eigenvalue weighted by Crippen LogP contribution is 2.31. The molecule has 2 nitrogen and oxygen atoms in total. The van der Waals surface area contributed by atoms with Gasteiger partial charge in [0.15, 0.2) is 0 Å². The lowest BCUT2D eigenvalue weighted by atomic mass is 10.1. The fourth-order valence-corrected chi connectivity index (χ4v) is 2.08. The van der Waals surface area contributed by atoms with Crippen LogP contribution in [0.4, 0.5) is 13.2 Å². The highest BCUT2D eigenvalue weighted by molar-refractivity contribution is 9.10. The SMILES string of the molecule is CC(C)(C)[S@@](=O)/N=C/c1ccc(C(F)(F)F)cc1Br. The summed E-state index contributed by atoms with van der Waals surface area (Å²) in [4.78, 5) is 0. The first-order valence-electron chi connectivity index (χ1n) is 5.34. The molecule has 0 saturated heterocycles. The molecule has 1 aromatic carbocycles. The predicted octanol–water partition coefficient (Wildman–Crippen LogP) is 4.35. The molecule has 0 saturated carbocycles. The van der Waals surface area contributed by atoms with Gasteiger partial charge in [0.1, 0.15) is 11.0 Å². The van der Waals surface area contributed by atoms with Gasteiger partial charge >= 0.3 is 6.18 Å². The summed E-state index contributed by atoms with van der Waals surface area (Å²) < 4.78 is 52.7. The van der Waals surface area contributed by atoms with Crippen LogP contribution in [-0.4, -0.2) is 15.2 Å². The molecular weight excluding hydrogens is 343 g/mol. The summed E-state index contributed by atoms with van der Waals surface area (Å²) in [6.07, 6.45) is -3.07. The lowest BCUT2D eigenvalue weighted by Crippen LogP contribution is -2.19. The van der Waals surface area contributed by atoms with Crippen molar-refractivity contribution in [1.29, 1.82) is 0 Å². The van der Waals surface area contributed by atoms with E-state index < -0.39 is 27.5 Å². The minimum absolute atomic E-state index is 0.261. The molecule has 7 heteroatoms. The molecule has 0 fully saturated rings. The van der Waals surface area contributed by atoms with Crippen LogP contribution in [0.2, 0.25) is 0 Å². The minimum Gasteiger partial charge on any atom is -0.234 e. The minimum atomic E-state index is -4.38. The summed E-state index contributed by atoms with van der Waals surface area (Å²) in [5, 5.41) is 0. The van der Waals surface area contributed by atoms with E-state index >= 15 is 0 Å². The van der Waals surface area contributed by atoms with Crippen molar-refractivity contribution in [3.8, 4) is 0 Å². The van der Waals surface area contributed by atoms with E-state index in [9.17, 15) is 17.4 Å².